The lowest BCUT2D eigenvalue weighted by Crippen LogP contribution is -2.25. The molecular formula is C12H16BrNO. The molecule has 0 aliphatic carbocycles. The molecule has 82 valence electrons. The number of anilines is 1. The topological polar surface area (TPSA) is 21.3 Å². The van der Waals surface area contributed by atoms with Crippen molar-refractivity contribution in [3.8, 4) is 0 Å². The van der Waals surface area contributed by atoms with Crippen LogP contribution < -0.4 is 5.32 Å². The van der Waals surface area contributed by atoms with Gasteiger partial charge in [-0.25, -0.2) is 0 Å². The Bertz CT molecular complexity index is 306. The third-order valence-electron chi connectivity index (χ3n) is 2.91. The summed E-state index contributed by atoms with van der Waals surface area (Å²) in [5.74, 6) is 0.647. The summed E-state index contributed by atoms with van der Waals surface area (Å²) < 4.78 is 6.50. The predicted molar refractivity (Wildman–Crippen MR) is 66.2 cm³/mol. The van der Waals surface area contributed by atoms with Gasteiger partial charge >= 0.3 is 0 Å². The quantitative estimate of drug-likeness (QED) is 0.910. The van der Waals surface area contributed by atoms with Crippen LogP contribution in [-0.2, 0) is 4.74 Å². The normalized spacial score (nSPS) is 22.7. The van der Waals surface area contributed by atoms with Gasteiger partial charge in [0.2, 0.25) is 0 Å². The van der Waals surface area contributed by atoms with Crippen LogP contribution in [-0.4, -0.2) is 19.3 Å². The van der Waals surface area contributed by atoms with Gasteiger partial charge in [0.05, 0.1) is 6.61 Å². The van der Waals surface area contributed by atoms with Crippen molar-refractivity contribution in [3.05, 3.63) is 28.7 Å². The molecule has 1 saturated heterocycles. The summed E-state index contributed by atoms with van der Waals surface area (Å²) in [4.78, 5) is 0. The summed E-state index contributed by atoms with van der Waals surface area (Å²) in [5.41, 5.74) is 1.18. The van der Waals surface area contributed by atoms with Crippen LogP contribution in [0.25, 0.3) is 0 Å². The van der Waals surface area contributed by atoms with E-state index in [1.54, 1.807) is 0 Å². The van der Waals surface area contributed by atoms with Crippen LogP contribution in [0.2, 0.25) is 0 Å². The molecule has 1 heterocycles. The van der Waals surface area contributed by atoms with Crippen LogP contribution in [0.4, 0.5) is 5.69 Å². The van der Waals surface area contributed by atoms with Crippen molar-refractivity contribution < 1.29 is 4.74 Å². The highest BCUT2D eigenvalue weighted by molar-refractivity contribution is 9.10. The highest BCUT2D eigenvalue weighted by atomic mass is 79.9. The highest BCUT2D eigenvalue weighted by Crippen LogP contribution is 2.21. The SMILES string of the molecule is CC(Nc1ccc(Br)cc1)C1CCOC1. The molecule has 15 heavy (non-hydrogen) atoms. The lowest BCUT2D eigenvalue weighted by Gasteiger charge is -2.20. The molecule has 0 saturated carbocycles. The maximum absolute atomic E-state index is 5.39. The van der Waals surface area contributed by atoms with Crippen LogP contribution >= 0.6 is 15.9 Å². The van der Waals surface area contributed by atoms with Crippen LogP contribution in [0.15, 0.2) is 28.7 Å². The van der Waals surface area contributed by atoms with Gasteiger partial charge in [-0.2, -0.15) is 0 Å². The molecule has 0 spiro atoms. The van der Waals surface area contributed by atoms with E-state index in [0.717, 1.165) is 17.7 Å². The van der Waals surface area contributed by atoms with Crippen molar-refractivity contribution in [2.45, 2.75) is 19.4 Å². The second kappa shape index (κ2) is 4.99. The Morgan fingerprint density at radius 2 is 2.13 bits per heavy atom. The van der Waals surface area contributed by atoms with Crippen LogP contribution in [0.5, 0.6) is 0 Å². The molecule has 1 N–H and O–H groups in total. The monoisotopic (exact) mass is 269 g/mol. The van der Waals surface area contributed by atoms with Gasteiger partial charge in [0.25, 0.3) is 0 Å². The zero-order valence-electron chi connectivity index (χ0n) is 8.87. The summed E-state index contributed by atoms with van der Waals surface area (Å²) >= 11 is 3.43. The third-order valence-corrected chi connectivity index (χ3v) is 3.44. The smallest absolute Gasteiger partial charge is 0.0514 e. The molecule has 2 atom stereocenters. The van der Waals surface area contributed by atoms with Gasteiger partial charge in [0, 0.05) is 28.7 Å². The van der Waals surface area contributed by atoms with E-state index < -0.39 is 0 Å². The molecule has 2 unspecified atom stereocenters. The first-order valence-corrected chi connectivity index (χ1v) is 6.15. The van der Waals surface area contributed by atoms with E-state index in [4.69, 9.17) is 4.74 Å². The molecule has 0 bridgehead atoms. The summed E-state index contributed by atoms with van der Waals surface area (Å²) in [6.45, 7) is 4.03. The Kier molecular flexibility index (Phi) is 3.65. The van der Waals surface area contributed by atoms with Crippen molar-refractivity contribution >= 4 is 21.6 Å². The molecule has 2 rings (SSSR count). The molecule has 0 amide bonds. The van der Waals surface area contributed by atoms with Gasteiger partial charge in [-0.3, -0.25) is 0 Å². The number of benzene rings is 1. The number of hydrogen-bond acceptors (Lipinski definition) is 2. The van der Waals surface area contributed by atoms with E-state index in [0.29, 0.717) is 12.0 Å². The molecule has 2 nitrogen and oxygen atoms in total. The standard InChI is InChI=1S/C12H16BrNO/c1-9(10-6-7-15-8-10)14-12-4-2-11(13)3-5-12/h2-5,9-10,14H,6-8H2,1H3. The van der Waals surface area contributed by atoms with Crippen molar-refractivity contribution in [2.75, 3.05) is 18.5 Å². The minimum atomic E-state index is 0.480. The number of rotatable bonds is 3. The summed E-state index contributed by atoms with van der Waals surface area (Å²) in [7, 11) is 0. The van der Waals surface area contributed by atoms with Crippen molar-refractivity contribution in [2.24, 2.45) is 5.92 Å². The van der Waals surface area contributed by atoms with Gasteiger partial charge in [-0.15, -0.1) is 0 Å². The van der Waals surface area contributed by atoms with Gasteiger partial charge in [-0.1, -0.05) is 15.9 Å². The first-order chi connectivity index (χ1) is 7.25. The van der Waals surface area contributed by atoms with Crippen molar-refractivity contribution in [3.63, 3.8) is 0 Å². The predicted octanol–water partition coefficient (Wildman–Crippen LogP) is 3.29. The lowest BCUT2D eigenvalue weighted by molar-refractivity contribution is 0.183. The molecule has 1 aliphatic rings. The zero-order chi connectivity index (χ0) is 10.7. The second-order valence-electron chi connectivity index (χ2n) is 4.06. The molecule has 1 aliphatic heterocycles. The van der Waals surface area contributed by atoms with Crippen LogP contribution in [0.3, 0.4) is 0 Å². The lowest BCUT2D eigenvalue weighted by atomic mass is 10.0. The Labute approximate surface area is 99.1 Å². The Balaban J connectivity index is 1.92. The average molecular weight is 270 g/mol. The fourth-order valence-electron chi connectivity index (χ4n) is 1.87. The Morgan fingerprint density at radius 1 is 1.40 bits per heavy atom. The number of ether oxygens (including phenoxy) is 1. The van der Waals surface area contributed by atoms with E-state index in [1.807, 2.05) is 0 Å². The van der Waals surface area contributed by atoms with E-state index >= 15 is 0 Å². The summed E-state index contributed by atoms with van der Waals surface area (Å²) in [5, 5.41) is 3.51. The Hall–Kier alpha value is -0.540. The second-order valence-corrected chi connectivity index (χ2v) is 4.98. The average Bonchev–Trinajstić information content (AvgIpc) is 2.74. The first kappa shape index (κ1) is 11.0. The number of hydrogen-bond donors (Lipinski definition) is 1. The van der Waals surface area contributed by atoms with Gasteiger partial charge in [-0.05, 0) is 37.6 Å². The van der Waals surface area contributed by atoms with Gasteiger partial charge in [0.15, 0.2) is 0 Å². The molecule has 0 radical (unpaired) electrons. The summed E-state index contributed by atoms with van der Waals surface area (Å²) in [6, 6.07) is 8.78. The van der Waals surface area contributed by atoms with E-state index in [9.17, 15) is 0 Å². The summed E-state index contributed by atoms with van der Waals surface area (Å²) in [6.07, 6.45) is 1.17. The minimum absolute atomic E-state index is 0.480. The molecule has 0 aromatic heterocycles. The van der Waals surface area contributed by atoms with E-state index in [2.05, 4.69) is 52.4 Å². The van der Waals surface area contributed by atoms with Crippen molar-refractivity contribution in [1.29, 1.82) is 0 Å². The fraction of sp³-hybridized carbons (Fsp3) is 0.500. The number of nitrogens with one attached hydrogen (secondary N) is 1. The molecule has 1 aromatic rings. The molecule has 1 aromatic carbocycles. The van der Waals surface area contributed by atoms with Gasteiger partial charge in [0.1, 0.15) is 0 Å². The molecule has 3 heteroatoms. The zero-order valence-corrected chi connectivity index (χ0v) is 10.5. The van der Waals surface area contributed by atoms with Crippen molar-refractivity contribution in [1.82, 2.24) is 0 Å². The number of halogens is 1. The third kappa shape index (κ3) is 2.95. The first-order valence-electron chi connectivity index (χ1n) is 5.35. The maximum Gasteiger partial charge on any atom is 0.0514 e. The van der Waals surface area contributed by atoms with E-state index in [-0.39, 0.29) is 0 Å². The molecular weight excluding hydrogens is 254 g/mol. The van der Waals surface area contributed by atoms with Crippen LogP contribution in [0, 0.1) is 5.92 Å². The Morgan fingerprint density at radius 3 is 2.73 bits per heavy atom. The minimum Gasteiger partial charge on any atom is -0.382 e. The largest absolute Gasteiger partial charge is 0.382 e. The fourth-order valence-corrected chi connectivity index (χ4v) is 2.14. The maximum atomic E-state index is 5.39. The van der Waals surface area contributed by atoms with Gasteiger partial charge < -0.3 is 10.1 Å². The van der Waals surface area contributed by atoms with Crippen LogP contribution in [0.1, 0.15) is 13.3 Å². The molecule has 1 fully saturated rings. The highest BCUT2D eigenvalue weighted by Gasteiger charge is 2.21. The van der Waals surface area contributed by atoms with E-state index in [1.165, 1.54) is 12.1 Å².